The van der Waals surface area contributed by atoms with Gasteiger partial charge >= 0.3 is 6.03 Å². The van der Waals surface area contributed by atoms with Crippen LogP contribution in [0.25, 0.3) is 0 Å². The standard InChI is InChI=1S/C16H25N3O2/c1-21-11-9-17-16(20)18-12-15-8-5-10-19(15)13-14-6-3-2-4-7-14/h2-4,6-7,15H,5,8-13H2,1H3,(H2,17,18,20). The van der Waals surface area contributed by atoms with E-state index in [9.17, 15) is 4.79 Å². The first kappa shape index (κ1) is 15.8. The van der Waals surface area contributed by atoms with Crippen LogP contribution in [0.15, 0.2) is 30.3 Å². The maximum Gasteiger partial charge on any atom is 0.314 e. The third-order valence-electron chi connectivity index (χ3n) is 3.82. The Balaban J connectivity index is 1.73. The zero-order chi connectivity index (χ0) is 14.9. The molecular formula is C16H25N3O2. The summed E-state index contributed by atoms with van der Waals surface area (Å²) in [5, 5.41) is 5.73. The molecule has 2 rings (SSSR count). The van der Waals surface area contributed by atoms with Gasteiger partial charge in [-0.1, -0.05) is 30.3 Å². The summed E-state index contributed by atoms with van der Waals surface area (Å²) in [6, 6.07) is 10.8. The van der Waals surface area contributed by atoms with Crippen molar-refractivity contribution in [3.8, 4) is 0 Å². The van der Waals surface area contributed by atoms with Crippen molar-refractivity contribution in [2.45, 2.75) is 25.4 Å². The minimum absolute atomic E-state index is 0.112. The Morgan fingerprint density at radius 1 is 1.33 bits per heavy atom. The van der Waals surface area contributed by atoms with Crippen LogP contribution in [0.5, 0.6) is 0 Å². The van der Waals surface area contributed by atoms with Crippen molar-refractivity contribution < 1.29 is 9.53 Å². The molecule has 1 aliphatic rings. The molecule has 1 unspecified atom stereocenters. The van der Waals surface area contributed by atoms with Crippen LogP contribution < -0.4 is 10.6 Å². The monoisotopic (exact) mass is 291 g/mol. The molecule has 1 heterocycles. The van der Waals surface area contributed by atoms with Gasteiger partial charge in [-0.25, -0.2) is 4.79 Å². The number of nitrogens with one attached hydrogen (secondary N) is 2. The van der Waals surface area contributed by atoms with Crippen LogP contribution in [0.3, 0.4) is 0 Å². The van der Waals surface area contributed by atoms with Crippen LogP contribution in [0.2, 0.25) is 0 Å². The maximum atomic E-state index is 11.6. The average molecular weight is 291 g/mol. The topological polar surface area (TPSA) is 53.6 Å². The average Bonchev–Trinajstić information content (AvgIpc) is 2.94. The van der Waals surface area contributed by atoms with Gasteiger partial charge in [0.1, 0.15) is 0 Å². The van der Waals surface area contributed by atoms with Gasteiger partial charge in [-0.3, -0.25) is 4.90 Å². The number of likely N-dealkylation sites (tertiary alicyclic amines) is 1. The molecule has 0 aliphatic carbocycles. The van der Waals surface area contributed by atoms with Crippen molar-refractivity contribution in [3.05, 3.63) is 35.9 Å². The molecule has 21 heavy (non-hydrogen) atoms. The van der Waals surface area contributed by atoms with E-state index < -0.39 is 0 Å². The van der Waals surface area contributed by atoms with Gasteiger partial charge in [0.15, 0.2) is 0 Å². The van der Waals surface area contributed by atoms with Crippen molar-refractivity contribution in [1.82, 2.24) is 15.5 Å². The first-order chi connectivity index (χ1) is 10.3. The quantitative estimate of drug-likeness (QED) is 0.750. The zero-order valence-corrected chi connectivity index (χ0v) is 12.7. The van der Waals surface area contributed by atoms with Gasteiger partial charge in [-0.15, -0.1) is 0 Å². The molecule has 1 aliphatic heterocycles. The highest BCUT2D eigenvalue weighted by Gasteiger charge is 2.24. The molecule has 0 radical (unpaired) electrons. The first-order valence-electron chi connectivity index (χ1n) is 7.58. The van der Waals surface area contributed by atoms with Crippen LogP contribution in [-0.2, 0) is 11.3 Å². The van der Waals surface area contributed by atoms with E-state index in [2.05, 4.69) is 39.8 Å². The number of ether oxygens (including phenoxy) is 1. The Kier molecular flexibility index (Phi) is 6.50. The lowest BCUT2D eigenvalue weighted by molar-refractivity contribution is 0.194. The molecule has 0 bridgehead atoms. The summed E-state index contributed by atoms with van der Waals surface area (Å²) in [7, 11) is 1.62. The second kappa shape index (κ2) is 8.64. The SMILES string of the molecule is COCCNC(=O)NCC1CCCN1Cc1ccccc1. The summed E-state index contributed by atoms with van der Waals surface area (Å²) in [5.41, 5.74) is 1.33. The Morgan fingerprint density at radius 2 is 2.14 bits per heavy atom. The summed E-state index contributed by atoms with van der Waals surface area (Å²) in [6.45, 7) is 3.84. The van der Waals surface area contributed by atoms with E-state index in [1.54, 1.807) is 7.11 Å². The Morgan fingerprint density at radius 3 is 2.90 bits per heavy atom. The van der Waals surface area contributed by atoms with Gasteiger partial charge in [-0.2, -0.15) is 0 Å². The summed E-state index contributed by atoms with van der Waals surface area (Å²) >= 11 is 0. The molecule has 2 amide bonds. The molecule has 1 atom stereocenters. The normalized spacial score (nSPS) is 18.6. The van der Waals surface area contributed by atoms with Gasteiger partial charge < -0.3 is 15.4 Å². The minimum atomic E-state index is -0.112. The molecule has 116 valence electrons. The molecule has 0 spiro atoms. The van der Waals surface area contributed by atoms with Crippen LogP contribution in [0.4, 0.5) is 4.79 Å². The summed E-state index contributed by atoms with van der Waals surface area (Å²) in [4.78, 5) is 14.1. The second-order valence-electron chi connectivity index (χ2n) is 5.38. The van der Waals surface area contributed by atoms with Crippen LogP contribution >= 0.6 is 0 Å². The highest BCUT2D eigenvalue weighted by atomic mass is 16.5. The van der Waals surface area contributed by atoms with E-state index in [1.807, 2.05) is 6.07 Å². The van der Waals surface area contributed by atoms with Crippen molar-refractivity contribution >= 4 is 6.03 Å². The lowest BCUT2D eigenvalue weighted by Crippen LogP contribution is -2.44. The van der Waals surface area contributed by atoms with Gasteiger partial charge in [0.25, 0.3) is 0 Å². The predicted molar refractivity (Wildman–Crippen MR) is 83.2 cm³/mol. The van der Waals surface area contributed by atoms with E-state index in [0.717, 1.165) is 19.5 Å². The smallest absolute Gasteiger partial charge is 0.314 e. The Hall–Kier alpha value is -1.59. The van der Waals surface area contributed by atoms with Crippen LogP contribution in [0, 0.1) is 0 Å². The van der Waals surface area contributed by atoms with Crippen molar-refractivity contribution in [2.24, 2.45) is 0 Å². The van der Waals surface area contributed by atoms with E-state index in [4.69, 9.17) is 4.74 Å². The lowest BCUT2D eigenvalue weighted by Gasteiger charge is -2.24. The number of carbonyl (C=O) groups is 1. The van der Waals surface area contributed by atoms with Crippen molar-refractivity contribution in [1.29, 1.82) is 0 Å². The Labute approximate surface area is 126 Å². The van der Waals surface area contributed by atoms with E-state index in [0.29, 0.717) is 25.7 Å². The number of rotatable bonds is 7. The number of hydrogen-bond donors (Lipinski definition) is 2. The molecular weight excluding hydrogens is 266 g/mol. The van der Waals surface area contributed by atoms with Gasteiger partial charge in [0, 0.05) is 32.8 Å². The summed E-state index contributed by atoms with van der Waals surface area (Å²) in [5.74, 6) is 0. The third kappa shape index (κ3) is 5.36. The zero-order valence-electron chi connectivity index (χ0n) is 12.7. The number of urea groups is 1. The molecule has 1 aromatic carbocycles. The van der Waals surface area contributed by atoms with Crippen LogP contribution in [0.1, 0.15) is 18.4 Å². The largest absolute Gasteiger partial charge is 0.383 e. The number of amides is 2. The predicted octanol–water partition coefficient (Wildman–Crippen LogP) is 1.60. The van der Waals surface area contributed by atoms with E-state index in [-0.39, 0.29) is 6.03 Å². The fraction of sp³-hybridized carbons (Fsp3) is 0.562. The summed E-state index contributed by atoms with van der Waals surface area (Å²) < 4.78 is 4.90. The molecule has 1 fully saturated rings. The minimum Gasteiger partial charge on any atom is -0.383 e. The molecule has 1 saturated heterocycles. The van der Waals surface area contributed by atoms with E-state index in [1.165, 1.54) is 12.0 Å². The summed E-state index contributed by atoms with van der Waals surface area (Å²) in [6.07, 6.45) is 2.34. The van der Waals surface area contributed by atoms with Gasteiger partial charge in [-0.05, 0) is 24.9 Å². The van der Waals surface area contributed by atoms with Gasteiger partial charge in [0.2, 0.25) is 0 Å². The number of carbonyl (C=O) groups excluding carboxylic acids is 1. The van der Waals surface area contributed by atoms with Crippen molar-refractivity contribution in [3.63, 3.8) is 0 Å². The fourth-order valence-corrected chi connectivity index (χ4v) is 2.69. The van der Waals surface area contributed by atoms with Crippen LogP contribution in [-0.4, -0.2) is 50.3 Å². The Bertz CT molecular complexity index is 425. The molecule has 5 nitrogen and oxygen atoms in total. The first-order valence-corrected chi connectivity index (χ1v) is 7.58. The molecule has 0 saturated carbocycles. The molecule has 1 aromatic rings. The van der Waals surface area contributed by atoms with E-state index >= 15 is 0 Å². The highest BCUT2D eigenvalue weighted by Crippen LogP contribution is 2.19. The maximum absolute atomic E-state index is 11.6. The fourth-order valence-electron chi connectivity index (χ4n) is 2.69. The number of nitrogens with zero attached hydrogens (tertiary/aromatic N) is 1. The van der Waals surface area contributed by atoms with Gasteiger partial charge in [0.05, 0.1) is 6.61 Å². The third-order valence-corrected chi connectivity index (χ3v) is 3.82. The second-order valence-corrected chi connectivity index (χ2v) is 5.38. The molecule has 0 aromatic heterocycles. The number of methoxy groups -OCH3 is 1. The molecule has 2 N–H and O–H groups in total. The highest BCUT2D eigenvalue weighted by molar-refractivity contribution is 5.73. The lowest BCUT2D eigenvalue weighted by atomic mass is 10.2. The van der Waals surface area contributed by atoms with Crippen molar-refractivity contribution in [2.75, 3.05) is 33.4 Å². The molecule has 5 heteroatoms. The number of hydrogen-bond acceptors (Lipinski definition) is 3. The number of benzene rings is 1.